The molecule has 2 rings (SSSR count). The molecule has 0 unspecified atom stereocenters. The van der Waals surface area contributed by atoms with Gasteiger partial charge in [0.15, 0.2) is 5.82 Å². The van der Waals surface area contributed by atoms with E-state index in [0.717, 1.165) is 0 Å². The summed E-state index contributed by atoms with van der Waals surface area (Å²) in [5.41, 5.74) is 6.33. The van der Waals surface area contributed by atoms with E-state index in [4.69, 9.17) is 33.7 Å². The summed E-state index contributed by atoms with van der Waals surface area (Å²) in [7, 11) is 0. The molecule has 0 atom stereocenters. The molecule has 0 aliphatic rings. The van der Waals surface area contributed by atoms with Gasteiger partial charge in [-0.15, -0.1) is 0 Å². The highest BCUT2D eigenvalue weighted by atomic mass is 79.9. The van der Waals surface area contributed by atoms with Crippen molar-refractivity contribution >= 4 is 44.9 Å². The average Bonchev–Trinajstić information content (AvgIpc) is 2.33. The van der Waals surface area contributed by atoms with Gasteiger partial charge in [-0.25, -0.2) is 9.97 Å². The van der Waals surface area contributed by atoms with Crippen LogP contribution in [-0.4, -0.2) is 9.97 Å². The van der Waals surface area contributed by atoms with Crippen LogP contribution < -0.4 is 10.5 Å². The number of ether oxygens (including phenoxy) is 1. The molecule has 0 spiro atoms. The van der Waals surface area contributed by atoms with Gasteiger partial charge in [-0.1, -0.05) is 29.3 Å². The van der Waals surface area contributed by atoms with Crippen LogP contribution in [0.5, 0.6) is 5.88 Å². The van der Waals surface area contributed by atoms with E-state index in [-0.39, 0.29) is 18.3 Å². The number of rotatable bonds is 3. The highest BCUT2D eigenvalue weighted by Crippen LogP contribution is 2.26. The van der Waals surface area contributed by atoms with Crippen LogP contribution in [0.2, 0.25) is 10.0 Å². The van der Waals surface area contributed by atoms with Gasteiger partial charge in [-0.05, 0) is 28.1 Å². The standard InChI is InChI=1S/C11H8BrCl2N3O/c12-9-4-16-10(15)11(17-9)18-5-6-7(13)2-1-3-8(6)14/h1-4H,5H2,(H2,15,16). The van der Waals surface area contributed by atoms with Crippen molar-refractivity contribution in [3.63, 3.8) is 0 Å². The Morgan fingerprint density at radius 1 is 1.28 bits per heavy atom. The van der Waals surface area contributed by atoms with E-state index in [1.54, 1.807) is 18.2 Å². The molecule has 0 radical (unpaired) electrons. The molecule has 7 heteroatoms. The highest BCUT2D eigenvalue weighted by molar-refractivity contribution is 9.10. The van der Waals surface area contributed by atoms with E-state index in [1.165, 1.54) is 6.20 Å². The van der Waals surface area contributed by atoms with E-state index < -0.39 is 0 Å². The Balaban J connectivity index is 2.19. The van der Waals surface area contributed by atoms with E-state index in [9.17, 15) is 0 Å². The number of anilines is 1. The van der Waals surface area contributed by atoms with Crippen molar-refractivity contribution < 1.29 is 4.74 Å². The van der Waals surface area contributed by atoms with Crippen LogP contribution in [0.1, 0.15) is 5.56 Å². The fraction of sp³-hybridized carbons (Fsp3) is 0.0909. The van der Waals surface area contributed by atoms with Crippen molar-refractivity contribution in [2.24, 2.45) is 0 Å². The first-order valence-electron chi connectivity index (χ1n) is 4.91. The maximum Gasteiger partial charge on any atom is 0.258 e. The number of nitrogens with zero attached hydrogens (tertiary/aromatic N) is 2. The van der Waals surface area contributed by atoms with Crippen molar-refractivity contribution in [3.8, 4) is 5.88 Å². The molecule has 0 aliphatic carbocycles. The number of nitrogen functional groups attached to an aromatic ring is 1. The summed E-state index contributed by atoms with van der Waals surface area (Å²) in [6, 6.07) is 5.24. The minimum atomic E-state index is 0.174. The molecule has 2 aromatic rings. The number of aromatic nitrogens is 2. The molecule has 94 valence electrons. The van der Waals surface area contributed by atoms with Gasteiger partial charge in [0.25, 0.3) is 5.88 Å². The molecule has 0 amide bonds. The van der Waals surface area contributed by atoms with Crippen molar-refractivity contribution in [2.75, 3.05) is 5.73 Å². The minimum absolute atomic E-state index is 0.174. The molecule has 0 bridgehead atoms. The predicted octanol–water partition coefficient (Wildman–Crippen LogP) is 3.71. The smallest absolute Gasteiger partial charge is 0.258 e. The zero-order valence-corrected chi connectivity index (χ0v) is 12.1. The lowest BCUT2D eigenvalue weighted by Gasteiger charge is -2.09. The summed E-state index contributed by atoms with van der Waals surface area (Å²) >= 11 is 15.2. The fourth-order valence-electron chi connectivity index (χ4n) is 1.28. The van der Waals surface area contributed by atoms with Crippen LogP contribution in [-0.2, 0) is 6.61 Å². The third kappa shape index (κ3) is 3.04. The maximum absolute atomic E-state index is 6.03. The van der Waals surface area contributed by atoms with Gasteiger partial charge in [0.05, 0.1) is 6.20 Å². The topological polar surface area (TPSA) is 61.0 Å². The van der Waals surface area contributed by atoms with E-state index in [2.05, 4.69) is 25.9 Å². The van der Waals surface area contributed by atoms with Crippen LogP contribution >= 0.6 is 39.1 Å². The highest BCUT2D eigenvalue weighted by Gasteiger charge is 2.09. The van der Waals surface area contributed by atoms with Crippen LogP contribution in [0.25, 0.3) is 0 Å². The summed E-state index contributed by atoms with van der Waals surface area (Å²) in [4.78, 5) is 7.98. The number of benzene rings is 1. The lowest BCUT2D eigenvalue weighted by molar-refractivity contribution is 0.294. The molecule has 0 aliphatic heterocycles. The Morgan fingerprint density at radius 2 is 1.94 bits per heavy atom. The van der Waals surface area contributed by atoms with Crippen LogP contribution in [0.15, 0.2) is 29.0 Å². The normalized spacial score (nSPS) is 10.4. The number of nitrogens with two attached hydrogens (primary N) is 1. The zero-order valence-electron chi connectivity index (χ0n) is 9.03. The second kappa shape index (κ2) is 5.73. The Kier molecular flexibility index (Phi) is 4.27. The predicted molar refractivity (Wildman–Crippen MR) is 74.9 cm³/mol. The SMILES string of the molecule is Nc1ncc(Br)nc1OCc1c(Cl)cccc1Cl. The van der Waals surface area contributed by atoms with Crippen molar-refractivity contribution in [3.05, 3.63) is 44.6 Å². The Labute approximate surface area is 122 Å². The second-order valence-electron chi connectivity index (χ2n) is 3.37. The third-order valence-corrected chi connectivity index (χ3v) is 3.24. The molecular formula is C11H8BrCl2N3O. The first-order chi connectivity index (χ1) is 8.58. The summed E-state index contributed by atoms with van der Waals surface area (Å²) in [5.74, 6) is 0.446. The fourth-order valence-corrected chi connectivity index (χ4v) is 2.05. The van der Waals surface area contributed by atoms with E-state index in [0.29, 0.717) is 20.2 Å². The first kappa shape index (κ1) is 13.4. The molecule has 1 heterocycles. The maximum atomic E-state index is 6.03. The molecule has 4 nitrogen and oxygen atoms in total. The van der Waals surface area contributed by atoms with Crippen molar-refractivity contribution in [2.45, 2.75) is 6.61 Å². The number of hydrogen-bond donors (Lipinski definition) is 1. The quantitative estimate of drug-likeness (QED) is 0.918. The molecule has 18 heavy (non-hydrogen) atoms. The van der Waals surface area contributed by atoms with Gasteiger partial charge >= 0.3 is 0 Å². The molecule has 0 saturated carbocycles. The van der Waals surface area contributed by atoms with Crippen molar-refractivity contribution in [1.82, 2.24) is 9.97 Å². The van der Waals surface area contributed by atoms with Gasteiger partial charge in [0, 0.05) is 15.6 Å². The summed E-state index contributed by atoms with van der Waals surface area (Å²) in [6.45, 7) is 0.174. The summed E-state index contributed by atoms with van der Waals surface area (Å²) < 4.78 is 6.01. The third-order valence-electron chi connectivity index (χ3n) is 2.15. The lowest BCUT2D eigenvalue weighted by Crippen LogP contribution is -2.03. The molecule has 1 aromatic carbocycles. The Morgan fingerprint density at radius 3 is 2.61 bits per heavy atom. The van der Waals surface area contributed by atoms with E-state index >= 15 is 0 Å². The zero-order chi connectivity index (χ0) is 13.1. The van der Waals surface area contributed by atoms with Gasteiger partial charge in [-0.2, -0.15) is 0 Å². The number of hydrogen-bond acceptors (Lipinski definition) is 4. The molecule has 0 saturated heterocycles. The van der Waals surface area contributed by atoms with Gasteiger partial charge < -0.3 is 10.5 Å². The lowest BCUT2D eigenvalue weighted by atomic mass is 10.2. The molecule has 2 N–H and O–H groups in total. The van der Waals surface area contributed by atoms with Crippen LogP contribution in [0, 0.1) is 0 Å². The van der Waals surface area contributed by atoms with Crippen LogP contribution in [0.4, 0.5) is 5.82 Å². The van der Waals surface area contributed by atoms with Gasteiger partial charge in [0.1, 0.15) is 11.2 Å². The first-order valence-corrected chi connectivity index (χ1v) is 6.46. The van der Waals surface area contributed by atoms with Gasteiger partial charge in [-0.3, -0.25) is 0 Å². The molecule has 1 aromatic heterocycles. The Hall–Kier alpha value is -1.04. The van der Waals surface area contributed by atoms with E-state index in [1.807, 2.05) is 0 Å². The minimum Gasteiger partial charge on any atom is -0.470 e. The summed E-state index contributed by atoms with van der Waals surface area (Å²) in [5, 5.41) is 1.06. The van der Waals surface area contributed by atoms with Gasteiger partial charge in [0.2, 0.25) is 0 Å². The number of halogens is 3. The summed E-state index contributed by atoms with van der Waals surface area (Å²) in [6.07, 6.45) is 1.49. The Bertz CT molecular complexity index is 560. The average molecular weight is 349 g/mol. The monoisotopic (exact) mass is 347 g/mol. The molecule has 0 fully saturated rings. The second-order valence-corrected chi connectivity index (χ2v) is 5.00. The molecular weight excluding hydrogens is 341 g/mol. The van der Waals surface area contributed by atoms with Crippen LogP contribution in [0.3, 0.4) is 0 Å². The largest absolute Gasteiger partial charge is 0.470 e. The van der Waals surface area contributed by atoms with Crippen molar-refractivity contribution in [1.29, 1.82) is 0 Å².